The quantitative estimate of drug-likeness (QED) is 0.522. The lowest BCUT2D eigenvalue weighted by Gasteiger charge is -2.39. The summed E-state index contributed by atoms with van der Waals surface area (Å²) in [5, 5.41) is 6.94. The fraction of sp³-hybridized carbons (Fsp3) is 0.519. The first-order valence-corrected chi connectivity index (χ1v) is 12.5. The summed E-state index contributed by atoms with van der Waals surface area (Å²) in [5.41, 5.74) is 2.26. The first-order chi connectivity index (χ1) is 15.9. The van der Waals surface area contributed by atoms with E-state index in [1.165, 1.54) is 0 Å². The highest BCUT2D eigenvalue weighted by molar-refractivity contribution is 9.10. The maximum atomic E-state index is 15.8. The number of methoxy groups -OCH3 is 1. The van der Waals surface area contributed by atoms with Crippen molar-refractivity contribution in [2.45, 2.75) is 63.8 Å². The minimum absolute atomic E-state index is 0.0612. The molecule has 7 heteroatoms. The first kappa shape index (κ1) is 25.3. The van der Waals surface area contributed by atoms with Gasteiger partial charge in [-0.05, 0) is 77.6 Å². The highest BCUT2D eigenvalue weighted by atomic mass is 79.9. The predicted octanol–water partition coefficient (Wildman–Crippen LogP) is 5.18. The molecule has 0 aromatic heterocycles. The molecule has 1 saturated heterocycles. The third kappa shape index (κ3) is 4.00. The number of fused-ring (bicyclic) bond motifs is 2. The van der Waals surface area contributed by atoms with Crippen LogP contribution in [0.3, 0.4) is 0 Å². The van der Waals surface area contributed by atoms with Crippen LogP contribution in [0.4, 0.5) is 10.1 Å². The monoisotopic (exact) mass is 531 g/mol. The number of aryl methyl sites for hydroxylation is 1. The fourth-order valence-electron chi connectivity index (χ4n) is 6.04. The van der Waals surface area contributed by atoms with Crippen LogP contribution in [0.15, 0.2) is 40.9 Å². The van der Waals surface area contributed by atoms with Crippen molar-refractivity contribution >= 4 is 27.5 Å². The van der Waals surface area contributed by atoms with Gasteiger partial charge in [0, 0.05) is 24.8 Å². The molecule has 5 atom stereocenters. The Hall–Kier alpha value is -1.80. The average Bonchev–Trinajstić information content (AvgIpc) is 3.19. The van der Waals surface area contributed by atoms with Crippen LogP contribution in [0.25, 0.3) is 0 Å². The van der Waals surface area contributed by atoms with E-state index in [0.717, 1.165) is 23.2 Å². The molecule has 0 radical (unpaired) electrons. The lowest BCUT2D eigenvalue weighted by Crippen LogP contribution is -2.50. The standard InChI is InChI=1S/C27H35BrFN3O2/c1-15-11-12-17-19(13-15)30-25(33)27(17)20(14-26(2,3)4)31-23(24(34-7)32(5)6)21(27)16-9-8-10-18(28)22(16)29/h8-13,20-21,23-24,31H,14H2,1-7H3,(H,30,33)/t20-,21+,23-,24?,27+/m1/s1. The highest BCUT2D eigenvalue weighted by Gasteiger charge is 2.66. The predicted molar refractivity (Wildman–Crippen MR) is 138 cm³/mol. The summed E-state index contributed by atoms with van der Waals surface area (Å²) in [7, 11) is 5.55. The number of nitrogens with zero attached hydrogens (tertiary/aromatic N) is 1. The smallest absolute Gasteiger partial charge is 0.237 e. The second-order valence-electron chi connectivity index (χ2n) is 11.1. The van der Waals surface area contributed by atoms with E-state index in [1.54, 1.807) is 13.2 Å². The molecule has 2 aromatic carbocycles. The molecule has 34 heavy (non-hydrogen) atoms. The summed E-state index contributed by atoms with van der Waals surface area (Å²) in [6, 6.07) is 10.9. The molecule has 4 rings (SSSR count). The fourth-order valence-corrected chi connectivity index (χ4v) is 6.42. The van der Waals surface area contributed by atoms with Gasteiger partial charge in [-0.1, -0.05) is 45.0 Å². The molecule has 5 nitrogen and oxygen atoms in total. The normalized spacial score (nSPS) is 27.4. The lowest BCUT2D eigenvalue weighted by atomic mass is 9.62. The van der Waals surface area contributed by atoms with Crippen molar-refractivity contribution in [3.8, 4) is 0 Å². The Kier molecular flexibility index (Phi) is 6.70. The van der Waals surface area contributed by atoms with Gasteiger partial charge in [-0.2, -0.15) is 0 Å². The molecule has 1 unspecified atom stereocenters. The summed E-state index contributed by atoms with van der Waals surface area (Å²) in [4.78, 5) is 16.1. The second-order valence-corrected chi connectivity index (χ2v) is 11.9. The van der Waals surface area contributed by atoms with E-state index in [1.807, 2.05) is 56.3 Å². The molecular weight excluding hydrogens is 497 g/mol. The summed E-state index contributed by atoms with van der Waals surface area (Å²) < 4.78 is 22.1. The van der Waals surface area contributed by atoms with Gasteiger partial charge >= 0.3 is 0 Å². The number of hydrogen-bond donors (Lipinski definition) is 2. The van der Waals surface area contributed by atoms with Crippen LogP contribution in [0, 0.1) is 18.2 Å². The average molecular weight is 532 g/mol. The van der Waals surface area contributed by atoms with Gasteiger partial charge in [-0.3, -0.25) is 9.69 Å². The number of nitrogens with one attached hydrogen (secondary N) is 2. The van der Waals surface area contributed by atoms with E-state index in [0.29, 0.717) is 10.0 Å². The van der Waals surface area contributed by atoms with Gasteiger partial charge < -0.3 is 15.4 Å². The van der Waals surface area contributed by atoms with E-state index < -0.39 is 11.3 Å². The molecule has 2 aliphatic rings. The summed E-state index contributed by atoms with van der Waals surface area (Å²) >= 11 is 3.38. The number of ether oxygens (including phenoxy) is 1. The topological polar surface area (TPSA) is 53.6 Å². The van der Waals surface area contributed by atoms with Crippen molar-refractivity contribution in [2.75, 3.05) is 26.5 Å². The zero-order chi connectivity index (χ0) is 25.0. The first-order valence-electron chi connectivity index (χ1n) is 11.7. The summed E-state index contributed by atoms with van der Waals surface area (Å²) in [5.74, 6) is -0.916. The minimum atomic E-state index is -0.991. The van der Waals surface area contributed by atoms with Crippen molar-refractivity contribution in [1.82, 2.24) is 10.2 Å². The molecule has 1 amide bonds. The number of carbonyl (C=O) groups excluding carboxylic acids is 1. The van der Waals surface area contributed by atoms with E-state index >= 15 is 4.39 Å². The largest absolute Gasteiger partial charge is 0.365 e. The van der Waals surface area contributed by atoms with Crippen LogP contribution in [0.5, 0.6) is 0 Å². The lowest BCUT2D eigenvalue weighted by molar-refractivity contribution is -0.122. The Morgan fingerprint density at radius 2 is 1.94 bits per heavy atom. The molecular formula is C27H35BrFN3O2. The van der Waals surface area contributed by atoms with Crippen LogP contribution in [0.1, 0.15) is 49.8 Å². The number of amides is 1. The number of halogens is 2. The Morgan fingerprint density at radius 3 is 2.56 bits per heavy atom. The van der Waals surface area contributed by atoms with Crippen LogP contribution in [-0.4, -0.2) is 50.3 Å². The van der Waals surface area contributed by atoms with Gasteiger partial charge in [0.25, 0.3) is 0 Å². The zero-order valence-corrected chi connectivity index (χ0v) is 22.6. The van der Waals surface area contributed by atoms with Gasteiger partial charge in [0.2, 0.25) is 5.91 Å². The Morgan fingerprint density at radius 1 is 1.24 bits per heavy atom. The number of rotatable bonds is 5. The SMILES string of the molecule is COC([C@@H]1N[C@H](CC(C)(C)C)[C@]2(C(=O)Nc3cc(C)ccc32)[C@H]1c1cccc(Br)c1F)N(C)C. The zero-order valence-electron chi connectivity index (χ0n) is 21.0. The van der Waals surface area contributed by atoms with Crippen molar-refractivity contribution in [3.63, 3.8) is 0 Å². The molecule has 0 aliphatic carbocycles. The minimum Gasteiger partial charge on any atom is -0.365 e. The van der Waals surface area contributed by atoms with Crippen LogP contribution in [-0.2, 0) is 14.9 Å². The van der Waals surface area contributed by atoms with Crippen LogP contribution >= 0.6 is 15.9 Å². The molecule has 0 saturated carbocycles. The van der Waals surface area contributed by atoms with Crippen LogP contribution in [0.2, 0.25) is 0 Å². The number of anilines is 1. The second kappa shape index (κ2) is 9.01. The summed E-state index contributed by atoms with van der Waals surface area (Å²) in [6.07, 6.45) is 0.368. The molecule has 2 heterocycles. The Labute approximate surface area is 210 Å². The van der Waals surface area contributed by atoms with Gasteiger partial charge in [-0.25, -0.2) is 4.39 Å². The van der Waals surface area contributed by atoms with Gasteiger partial charge in [0.1, 0.15) is 17.5 Å². The number of likely N-dealkylation sites (N-methyl/N-ethyl adjacent to an activating group) is 1. The highest BCUT2D eigenvalue weighted by Crippen LogP contribution is 2.57. The van der Waals surface area contributed by atoms with Crippen molar-refractivity contribution in [3.05, 3.63) is 63.4 Å². The van der Waals surface area contributed by atoms with E-state index in [2.05, 4.69) is 47.3 Å². The van der Waals surface area contributed by atoms with Crippen molar-refractivity contribution in [2.24, 2.45) is 5.41 Å². The van der Waals surface area contributed by atoms with Crippen LogP contribution < -0.4 is 10.6 Å². The maximum absolute atomic E-state index is 15.8. The Bertz CT molecular complexity index is 1100. The van der Waals surface area contributed by atoms with E-state index in [4.69, 9.17) is 4.74 Å². The molecule has 1 spiro atoms. The van der Waals surface area contributed by atoms with Gasteiger partial charge in [0.15, 0.2) is 0 Å². The molecule has 0 bridgehead atoms. The molecule has 2 aromatic rings. The van der Waals surface area contributed by atoms with Crippen molar-refractivity contribution in [1.29, 1.82) is 0 Å². The molecule has 184 valence electrons. The molecule has 2 N–H and O–H groups in total. The van der Waals surface area contributed by atoms with Gasteiger partial charge in [0.05, 0.1) is 10.5 Å². The third-order valence-electron chi connectivity index (χ3n) is 7.23. The van der Waals surface area contributed by atoms with E-state index in [9.17, 15) is 4.79 Å². The maximum Gasteiger partial charge on any atom is 0.237 e. The number of carbonyl (C=O) groups is 1. The number of hydrogen-bond acceptors (Lipinski definition) is 4. The van der Waals surface area contributed by atoms with E-state index in [-0.39, 0.29) is 35.5 Å². The molecule has 1 fully saturated rings. The van der Waals surface area contributed by atoms with Crippen molar-refractivity contribution < 1.29 is 13.9 Å². The third-order valence-corrected chi connectivity index (χ3v) is 7.84. The van der Waals surface area contributed by atoms with Gasteiger partial charge in [-0.15, -0.1) is 0 Å². The summed E-state index contributed by atoms with van der Waals surface area (Å²) in [6.45, 7) is 8.53. The Balaban J connectivity index is 2.05. The molecule has 2 aliphatic heterocycles. The number of benzene rings is 2.